The minimum Gasteiger partial charge on any atom is -0.451 e. The summed E-state index contributed by atoms with van der Waals surface area (Å²) in [6.45, 7) is 0. The Labute approximate surface area is 156 Å². The molecule has 0 spiro atoms. The number of rotatable bonds is 2. The fourth-order valence-electron chi connectivity index (χ4n) is 3.08. The molecule has 0 unspecified atom stereocenters. The molecule has 0 radical (unpaired) electrons. The van der Waals surface area contributed by atoms with Gasteiger partial charge in [0.2, 0.25) is 0 Å². The molecule has 5 nitrogen and oxygen atoms in total. The standard InChI is InChI=1S/C21H12N2O3S/c24-16-11-18(26-17-8-4-3-7-14(16)17)20(25)23-21-22-15-10-9-12-5-1-2-6-13(12)19(15)27-21/h1-11H,(H,22,23,25). The Bertz CT molecular complexity index is 1400. The summed E-state index contributed by atoms with van der Waals surface area (Å²) in [4.78, 5) is 29.2. The van der Waals surface area contributed by atoms with Gasteiger partial charge >= 0.3 is 0 Å². The van der Waals surface area contributed by atoms with Crippen LogP contribution >= 0.6 is 11.3 Å². The third-order valence-corrected chi connectivity index (χ3v) is 5.38. The van der Waals surface area contributed by atoms with Gasteiger partial charge in [0.25, 0.3) is 5.91 Å². The summed E-state index contributed by atoms with van der Waals surface area (Å²) in [5.74, 6) is -0.538. The molecule has 0 aliphatic rings. The number of thiazole rings is 1. The maximum atomic E-state index is 12.6. The molecule has 3 aromatic carbocycles. The Balaban J connectivity index is 1.54. The number of para-hydroxylation sites is 1. The summed E-state index contributed by atoms with van der Waals surface area (Å²) in [7, 11) is 0. The van der Waals surface area contributed by atoms with Crippen LogP contribution in [0.25, 0.3) is 32.0 Å². The average Bonchev–Trinajstić information content (AvgIpc) is 3.11. The Hall–Kier alpha value is -3.51. The van der Waals surface area contributed by atoms with E-state index in [0.717, 1.165) is 21.0 Å². The lowest BCUT2D eigenvalue weighted by atomic mass is 10.1. The quantitative estimate of drug-likeness (QED) is 0.483. The second-order valence-electron chi connectivity index (χ2n) is 6.08. The summed E-state index contributed by atoms with van der Waals surface area (Å²) < 4.78 is 6.59. The Morgan fingerprint density at radius 1 is 0.963 bits per heavy atom. The highest BCUT2D eigenvalue weighted by Gasteiger charge is 2.15. The fraction of sp³-hybridized carbons (Fsp3) is 0. The minimum absolute atomic E-state index is 0.0391. The lowest BCUT2D eigenvalue weighted by Gasteiger charge is -2.02. The van der Waals surface area contributed by atoms with E-state index in [0.29, 0.717) is 16.1 Å². The van der Waals surface area contributed by atoms with Crippen LogP contribution in [0.4, 0.5) is 5.13 Å². The van der Waals surface area contributed by atoms with Crippen LogP contribution in [-0.4, -0.2) is 10.9 Å². The van der Waals surface area contributed by atoms with Gasteiger partial charge in [0.05, 0.1) is 15.6 Å². The zero-order valence-electron chi connectivity index (χ0n) is 13.9. The molecule has 1 amide bonds. The van der Waals surface area contributed by atoms with Crippen LogP contribution in [0.1, 0.15) is 10.6 Å². The lowest BCUT2D eigenvalue weighted by molar-refractivity contribution is 0.0997. The lowest BCUT2D eigenvalue weighted by Crippen LogP contribution is -2.14. The van der Waals surface area contributed by atoms with Gasteiger partial charge in [-0.2, -0.15) is 0 Å². The minimum atomic E-state index is -0.499. The molecule has 1 N–H and O–H groups in total. The smallest absolute Gasteiger partial charge is 0.293 e. The van der Waals surface area contributed by atoms with E-state index in [1.165, 1.54) is 17.4 Å². The first-order chi connectivity index (χ1) is 13.2. The number of nitrogens with zero attached hydrogens (tertiary/aromatic N) is 1. The second kappa shape index (κ2) is 6.03. The number of carbonyl (C=O) groups excluding carboxylic acids is 1. The van der Waals surface area contributed by atoms with E-state index in [1.807, 2.05) is 36.4 Å². The normalized spacial score (nSPS) is 11.3. The molecule has 130 valence electrons. The molecule has 0 aliphatic heterocycles. The number of hydrogen-bond acceptors (Lipinski definition) is 5. The van der Waals surface area contributed by atoms with E-state index in [2.05, 4.69) is 10.3 Å². The van der Waals surface area contributed by atoms with E-state index in [4.69, 9.17) is 4.42 Å². The summed E-state index contributed by atoms with van der Waals surface area (Å²) in [6.07, 6.45) is 0. The molecule has 0 saturated heterocycles. The van der Waals surface area contributed by atoms with Gasteiger partial charge in [0.15, 0.2) is 16.3 Å². The molecule has 0 atom stereocenters. The fourth-order valence-corrected chi connectivity index (χ4v) is 4.08. The number of aromatic nitrogens is 1. The third kappa shape index (κ3) is 2.67. The van der Waals surface area contributed by atoms with Gasteiger partial charge < -0.3 is 4.42 Å². The third-order valence-electron chi connectivity index (χ3n) is 4.36. The van der Waals surface area contributed by atoms with Crippen molar-refractivity contribution in [2.75, 3.05) is 5.32 Å². The molecule has 0 bridgehead atoms. The van der Waals surface area contributed by atoms with Crippen molar-refractivity contribution in [2.45, 2.75) is 0 Å². The summed E-state index contributed by atoms with van der Waals surface area (Å²) in [5, 5.41) is 5.85. The summed E-state index contributed by atoms with van der Waals surface area (Å²) >= 11 is 1.39. The van der Waals surface area contributed by atoms with Crippen molar-refractivity contribution < 1.29 is 9.21 Å². The van der Waals surface area contributed by atoms with E-state index < -0.39 is 5.91 Å². The Kier molecular flexibility index (Phi) is 3.51. The van der Waals surface area contributed by atoms with Crippen LogP contribution < -0.4 is 10.7 Å². The Morgan fingerprint density at radius 2 is 1.74 bits per heavy atom. The number of amides is 1. The first kappa shape index (κ1) is 15.7. The zero-order valence-corrected chi connectivity index (χ0v) is 14.7. The highest BCUT2D eigenvalue weighted by atomic mass is 32.1. The highest BCUT2D eigenvalue weighted by Crippen LogP contribution is 2.32. The molecule has 0 saturated carbocycles. The van der Waals surface area contributed by atoms with Gasteiger partial charge in [-0.05, 0) is 23.6 Å². The monoisotopic (exact) mass is 372 g/mol. The number of benzene rings is 3. The van der Waals surface area contributed by atoms with Crippen LogP contribution in [0.5, 0.6) is 0 Å². The molecular weight excluding hydrogens is 360 g/mol. The van der Waals surface area contributed by atoms with Crippen molar-refractivity contribution in [2.24, 2.45) is 0 Å². The van der Waals surface area contributed by atoms with Crippen LogP contribution in [0.15, 0.2) is 75.9 Å². The zero-order chi connectivity index (χ0) is 18.4. The highest BCUT2D eigenvalue weighted by molar-refractivity contribution is 7.23. The SMILES string of the molecule is O=C(Nc1nc2ccc3ccccc3c2s1)c1cc(=O)c2ccccc2o1. The van der Waals surface area contributed by atoms with Gasteiger partial charge in [-0.3, -0.25) is 14.9 Å². The molecule has 0 aliphatic carbocycles. The molecule has 2 aromatic heterocycles. The van der Waals surface area contributed by atoms with Crippen LogP contribution in [0.3, 0.4) is 0 Å². The maximum absolute atomic E-state index is 12.6. The number of nitrogens with one attached hydrogen (secondary N) is 1. The van der Waals surface area contributed by atoms with Crippen LogP contribution in [-0.2, 0) is 0 Å². The topological polar surface area (TPSA) is 72.2 Å². The van der Waals surface area contributed by atoms with E-state index >= 15 is 0 Å². The van der Waals surface area contributed by atoms with Gasteiger partial charge in [0, 0.05) is 11.5 Å². The average molecular weight is 372 g/mol. The van der Waals surface area contributed by atoms with Gasteiger partial charge in [-0.15, -0.1) is 0 Å². The molecule has 5 aromatic rings. The van der Waals surface area contributed by atoms with E-state index in [-0.39, 0.29) is 11.2 Å². The van der Waals surface area contributed by atoms with Gasteiger partial charge in [0.1, 0.15) is 5.58 Å². The first-order valence-electron chi connectivity index (χ1n) is 8.31. The number of anilines is 1. The van der Waals surface area contributed by atoms with Crippen molar-refractivity contribution in [1.29, 1.82) is 0 Å². The van der Waals surface area contributed by atoms with Crippen molar-refractivity contribution >= 4 is 54.3 Å². The van der Waals surface area contributed by atoms with Crippen molar-refractivity contribution in [3.8, 4) is 0 Å². The molecule has 2 heterocycles. The second-order valence-corrected chi connectivity index (χ2v) is 7.08. The summed E-state index contributed by atoms with van der Waals surface area (Å²) in [6, 6.07) is 20.0. The van der Waals surface area contributed by atoms with Crippen LogP contribution in [0.2, 0.25) is 0 Å². The number of carbonyl (C=O) groups is 1. The van der Waals surface area contributed by atoms with E-state index in [1.54, 1.807) is 24.3 Å². The van der Waals surface area contributed by atoms with E-state index in [9.17, 15) is 9.59 Å². The summed E-state index contributed by atoms with van der Waals surface area (Å²) in [5.41, 5.74) is 0.941. The predicted molar refractivity (Wildman–Crippen MR) is 108 cm³/mol. The number of hydrogen-bond donors (Lipinski definition) is 1. The predicted octanol–water partition coefficient (Wildman–Crippen LogP) is 4.81. The molecule has 6 heteroatoms. The Morgan fingerprint density at radius 3 is 2.63 bits per heavy atom. The first-order valence-corrected chi connectivity index (χ1v) is 9.13. The van der Waals surface area contributed by atoms with Crippen molar-refractivity contribution in [1.82, 2.24) is 4.98 Å². The molecular formula is C21H12N2O3S. The molecule has 5 rings (SSSR count). The van der Waals surface area contributed by atoms with Crippen molar-refractivity contribution in [3.63, 3.8) is 0 Å². The van der Waals surface area contributed by atoms with Gasteiger partial charge in [-0.1, -0.05) is 53.8 Å². The number of fused-ring (bicyclic) bond motifs is 4. The van der Waals surface area contributed by atoms with Crippen LogP contribution in [0, 0.1) is 0 Å². The van der Waals surface area contributed by atoms with Crippen molar-refractivity contribution in [3.05, 3.63) is 82.7 Å². The molecule has 27 heavy (non-hydrogen) atoms. The largest absolute Gasteiger partial charge is 0.451 e. The van der Waals surface area contributed by atoms with Gasteiger partial charge in [-0.25, -0.2) is 4.98 Å². The maximum Gasteiger partial charge on any atom is 0.293 e. The molecule has 0 fully saturated rings.